The highest BCUT2D eigenvalue weighted by Gasteiger charge is 2.10. The van der Waals surface area contributed by atoms with Crippen molar-refractivity contribution in [1.82, 2.24) is 4.98 Å². The van der Waals surface area contributed by atoms with E-state index < -0.39 is 0 Å². The lowest BCUT2D eigenvalue weighted by Gasteiger charge is -1.99. The van der Waals surface area contributed by atoms with Crippen LogP contribution in [0.5, 0.6) is 5.75 Å². The summed E-state index contributed by atoms with van der Waals surface area (Å²) in [5, 5.41) is 0. The van der Waals surface area contributed by atoms with E-state index in [1.165, 1.54) is 0 Å². The van der Waals surface area contributed by atoms with Crippen LogP contribution in [0.2, 0.25) is 0 Å². The zero-order valence-corrected chi connectivity index (χ0v) is 9.91. The van der Waals surface area contributed by atoms with Gasteiger partial charge in [0.2, 0.25) is 5.89 Å². The molecule has 0 N–H and O–H groups in total. The fourth-order valence-electron chi connectivity index (χ4n) is 1.41. The van der Waals surface area contributed by atoms with Crippen LogP contribution < -0.4 is 4.74 Å². The number of nitrogens with zero attached hydrogens (tertiary/aromatic N) is 1. The van der Waals surface area contributed by atoms with Gasteiger partial charge in [0, 0.05) is 5.56 Å². The van der Waals surface area contributed by atoms with Crippen molar-refractivity contribution in [2.75, 3.05) is 7.11 Å². The van der Waals surface area contributed by atoms with Crippen molar-refractivity contribution in [3.05, 3.63) is 35.7 Å². The number of aromatic nitrogens is 1. The molecule has 3 nitrogen and oxygen atoms in total. The van der Waals surface area contributed by atoms with E-state index >= 15 is 0 Å². The minimum Gasteiger partial charge on any atom is -0.497 e. The number of hydrogen-bond donors (Lipinski definition) is 0. The number of aryl methyl sites for hydroxylation is 1. The van der Waals surface area contributed by atoms with Gasteiger partial charge in [0.25, 0.3) is 0 Å². The van der Waals surface area contributed by atoms with E-state index in [0.717, 1.165) is 22.8 Å². The molecule has 2 aromatic rings. The Kier molecular flexibility index (Phi) is 3.15. The van der Waals surface area contributed by atoms with E-state index in [0.29, 0.717) is 11.8 Å². The predicted octanol–water partition coefficient (Wildman–Crippen LogP) is 3.40. The molecule has 0 bridgehead atoms. The summed E-state index contributed by atoms with van der Waals surface area (Å²) in [6, 6.07) is 7.55. The third-order valence-electron chi connectivity index (χ3n) is 2.36. The van der Waals surface area contributed by atoms with Gasteiger partial charge in [0.15, 0.2) is 0 Å². The summed E-state index contributed by atoms with van der Waals surface area (Å²) >= 11 is 5.74. The van der Waals surface area contributed by atoms with E-state index in [4.69, 9.17) is 20.8 Å². The zero-order chi connectivity index (χ0) is 11.5. The first-order valence-corrected chi connectivity index (χ1v) is 5.44. The molecule has 16 heavy (non-hydrogen) atoms. The Balaban J connectivity index is 2.34. The molecule has 2 rings (SSSR count). The third-order valence-corrected chi connectivity index (χ3v) is 2.61. The molecule has 0 radical (unpaired) electrons. The Morgan fingerprint density at radius 1 is 1.31 bits per heavy atom. The number of hydrogen-bond acceptors (Lipinski definition) is 3. The second kappa shape index (κ2) is 4.58. The van der Waals surface area contributed by atoms with E-state index in [9.17, 15) is 0 Å². The number of halogens is 1. The van der Waals surface area contributed by atoms with Gasteiger partial charge in [-0.2, -0.15) is 0 Å². The molecule has 84 valence electrons. The van der Waals surface area contributed by atoms with Crippen LogP contribution in [0.4, 0.5) is 0 Å². The zero-order valence-electron chi connectivity index (χ0n) is 9.16. The summed E-state index contributed by atoms with van der Waals surface area (Å²) in [7, 11) is 1.63. The second-order valence-electron chi connectivity index (χ2n) is 3.38. The molecular formula is C12H12ClNO2. The lowest BCUT2D eigenvalue weighted by atomic mass is 10.2. The molecule has 4 heteroatoms. The van der Waals surface area contributed by atoms with Gasteiger partial charge >= 0.3 is 0 Å². The molecule has 0 saturated carbocycles. The van der Waals surface area contributed by atoms with E-state index in [-0.39, 0.29) is 0 Å². The summed E-state index contributed by atoms with van der Waals surface area (Å²) in [5.74, 6) is 2.53. The van der Waals surface area contributed by atoms with Gasteiger partial charge in [-0.05, 0) is 31.2 Å². The van der Waals surface area contributed by atoms with Gasteiger partial charge in [-0.15, -0.1) is 11.6 Å². The van der Waals surface area contributed by atoms with Gasteiger partial charge in [-0.3, -0.25) is 0 Å². The van der Waals surface area contributed by atoms with Gasteiger partial charge in [0.05, 0.1) is 18.7 Å². The Morgan fingerprint density at radius 2 is 2.00 bits per heavy atom. The van der Waals surface area contributed by atoms with E-state index in [2.05, 4.69) is 4.98 Å². The molecule has 0 aliphatic rings. The second-order valence-corrected chi connectivity index (χ2v) is 3.65. The average molecular weight is 238 g/mol. The van der Waals surface area contributed by atoms with Crippen LogP contribution in [-0.4, -0.2) is 12.1 Å². The van der Waals surface area contributed by atoms with Crippen LogP contribution in [0.1, 0.15) is 11.5 Å². The predicted molar refractivity (Wildman–Crippen MR) is 62.8 cm³/mol. The van der Waals surface area contributed by atoms with Gasteiger partial charge in [-0.25, -0.2) is 4.98 Å². The molecule has 0 aliphatic carbocycles. The summed E-state index contributed by atoms with van der Waals surface area (Å²) in [6.45, 7) is 1.86. The summed E-state index contributed by atoms with van der Waals surface area (Å²) in [6.07, 6.45) is 0. The number of oxazole rings is 1. The monoisotopic (exact) mass is 237 g/mol. The highest BCUT2D eigenvalue weighted by molar-refractivity contribution is 6.16. The number of ether oxygens (including phenoxy) is 1. The first kappa shape index (κ1) is 11.0. The molecular weight excluding hydrogens is 226 g/mol. The quantitative estimate of drug-likeness (QED) is 0.768. The Morgan fingerprint density at radius 3 is 2.50 bits per heavy atom. The molecule has 0 aliphatic heterocycles. The third kappa shape index (κ3) is 2.04. The van der Waals surface area contributed by atoms with Crippen molar-refractivity contribution in [2.45, 2.75) is 12.8 Å². The fourth-order valence-corrected chi connectivity index (χ4v) is 1.66. The first-order valence-electron chi connectivity index (χ1n) is 4.91. The summed E-state index contributed by atoms with van der Waals surface area (Å²) < 4.78 is 10.6. The van der Waals surface area contributed by atoms with Gasteiger partial charge in [-0.1, -0.05) is 0 Å². The molecule has 0 atom stereocenters. The molecule has 0 saturated heterocycles. The maximum Gasteiger partial charge on any atom is 0.226 e. The molecule has 0 unspecified atom stereocenters. The van der Waals surface area contributed by atoms with Crippen molar-refractivity contribution in [1.29, 1.82) is 0 Å². The molecule has 0 spiro atoms. The van der Waals surface area contributed by atoms with Crippen molar-refractivity contribution in [3.8, 4) is 17.2 Å². The van der Waals surface area contributed by atoms with Gasteiger partial charge < -0.3 is 9.15 Å². The highest BCUT2D eigenvalue weighted by atomic mass is 35.5. The maximum absolute atomic E-state index is 5.74. The number of benzene rings is 1. The molecule has 0 fully saturated rings. The molecule has 1 aromatic carbocycles. The van der Waals surface area contributed by atoms with Crippen LogP contribution in [0.15, 0.2) is 28.7 Å². The topological polar surface area (TPSA) is 35.3 Å². The molecule has 1 heterocycles. The van der Waals surface area contributed by atoms with Gasteiger partial charge in [0.1, 0.15) is 11.5 Å². The van der Waals surface area contributed by atoms with Crippen molar-refractivity contribution < 1.29 is 9.15 Å². The minimum absolute atomic E-state index is 0.367. The Hall–Kier alpha value is -1.48. The van der Waals surface area contributed by atoms with Crippen LogP contribution in [0, 0.1) is 6.92 Å². The number of rotatable bonds is 3. The smallest absolute Gasteiger partial charge is 0.226 e. The van der Waals surface area contributed by atoms with Crippen LogP contribution in [0.3, 0.4) is 0 Å². The van der Waals surface area contributed by atoms with E-state index in [1.54, 1.807) is 7.11 Å². The largest absolute Gasteiger partial charge is 0.497 e. The maximum atomic E-state index is 5.74. The summed E-state index contributed by atoms with van der Waals surface area (Å²) in [5.41, 5.74) is 1.70. The fraction of sp³-hybridized carbons (Fsp3) is 0.250. The minimum atomic E-state index is 0.367. The highest BCUT2D eigenvalue weighted by Crippen LogP contribution is 2.24. The van der Waals surface area contributed by atoms with Crippen molar-refractivity contribution in [3.63, 3.8) is 0 Å². The Bertz CT molecular complexity index is 476. The lowest BCUT2D eigenvalue weighted by molar-refractivity contribution is 0.415. The number of alkyl halides is 1. The standard InChI is InChI=1S/C12H12ClNO2/c1-8-11(7-13)14-12(16-8)9-3-5-10(15-2)6-4-9/h3-6H,7H2,1-2H3. The normalized spacial score (nSPS) is 10.4. The lowest BCUT2D eigenvalue weighted by Crippen LogP contribution is -1.83. The summed E-state index contributed by atoms with van der Waals surface area (Å²) in [4.78, 5) is 4.31. The van der Waals surface area contributed by atoms with Crippen LogP contribution >= 0.6 is 11.6 Å². The van der Waals surface area contributed by atoms with Crippen LogP contribution in [0.25, 0.3) is 11.5 Å². The van der Waals surface area contributed by atoms with Crippen LogP contribution in [-0.2, 0) is 5.88 Å². The van der Waals surface area contributed by atoms with Crippen molar-refractivity contribution in [2.24, 2.45) is 0 Å². The molecule has 0 amide bonds. The first-order chi connectivity index (χ1) is 7.74. The van der Waals surface area contributed by atoms with Crippen molar-refractivity contribution >= 4 is 11.6 Å². The number of methoxy groups -OCH3 is 1. The van der Waals surface area contributed by atoms with E-state index in [1.807, 2.05) is 31.2 Å². The average Bonchev–Trinajstić information content (AvgIpc) is 2.71. The Labute approximate surface area is 99.0 Å². The SMILES string of the molecule is COc1ccc(-c2nc(CCl)c(C)o2)cc1. The molecule has 1 aromatic heterocycles.